The van der Waals surface area contributed by atoms with Gasteiger partial charge in [-0.1, -0.05) is 27.7 Å². The second kappa shape index (κ2) is 18.4. The lowest BCUT2D eigenvalue weighted by Crippen LogP contribution is -2.45. The minimum Gasteiger partial charge on any atom is -0.448 e. The van der Waals surface area contributed by atoms with E-state index >= 15 is 0 Å². The third kappa shape index (κ3) is 23.2. The molecule has 0 bridgehead atoms. The van der Waals surface area contributed by atoms with Crippen molar-refractivity contribution in [3.63, 3.8) is 0 Å². The third-order valence-corrected chi connectivity index (χ3v) is 3.98. The molecule has 0 unspecified atom stereocenters. The Balaban J connectivity index is -0.000000598. The molecule has 3 amide bonds. The molecule has 0 fully saturated rings. The molecular formula is C23H49ClN4O6. The van der Waals surface area contributed by atoms with Gasteiger partial charge in [-0.15, -0.1) is 12.4 Å². The molecule has 0 aliphatic rings. The van der Waals surface area contributed by atoms with E-state index in [1.807, 2.05) is 55.4 Å². The molecule has 0 aromatic carbocycles. The first kappa shape index (κ1) is 36.6. The van der Waals surface area contributed by atoms with Gasteiger partial charge >= 0.3 is 18.3 Å². The van der Waals surface area contributed by atoms with Crippen LogP contribution in [0.4, 0.5) is 14.4 Å². The lowest BCUT2D eigenvalue weighted by atomic mass is 10.1. The van der Waals surface area contributed by atoms with Crippen LogP contribution >= 0.6 is 12.4 Å². The van der Waals surface area contributed by atoms with Crippen molar-refractivity contribution in [2.75, 3.05) is 13.2 Å². The van der Waals surface area contributed by atoms with Crippen molar-refractivity contribution in [1.82, 2.24) is 16.0 Å². The van der Waals surface area contributed by atoms with Crippen LogP contribution in [0.1, 0.15) is 76.2 Å². The number of hydrogen-bond acceptors (Lipinski definition) is 7. The number of nitrogens with two attached hydrogens (primary N) is 1. The molecule has 0 aliphatic heterocycles. The lowest BCUT2D eigenvalue weighted by molar-refractivity contribution is 0.0446. The normalized spacial score (nSPS) is 12.7. The number of alkyl carbamates (subject to hydrolysis) is 3. The average Bonchev–Trinajstić information content (AvgIpc) is 2.60. The molecule has 0 heterocycles. The summed E-state index contributed by atoms with van der Waals surface area (Å²) < 4.78 is 15.2. The molecule has 2 atom stereocenters. The summed E-state index contributed by atoms with van der Waals surface area (Å²) in [7, 11) is 0. The topological polar surface area (TPSA) is 141 Å². The molecule has 10 nitrogen and oxygen atoms in total. The monoisotopic (exact) mass is 512 g/mol. The molecule has 0 spiro atoms. The second-order valence-electron chi connectivity index (χ2n) is 10.2. The van der Waals surface area contributed by atoms with Gasteiger partial charge in [0.25, 0.3) is 0 Å². The van der Waals surface area contributed by atoms with Crippen LogP contribution in [-0.2, 0) is 14.2 Å². The van der Waals surface area contributed by atoms with Gasteiger partial charge in [-0.05, 0) is 60.3 Å². The van der Waals surface area contributed by atoms with Crippen LogP contribution in [0.15, 0.2) is 0 Å². The van der Waals surface area contributed by atoms with Gasteiger partial charge in [0.2, 0.25) is 0 Å². The number of halogens is 1. The zero-order valence-electron chi connectivity index (χ0n) is 22.8. The van der Waals surface area contributed by atoms with E-state index < -0.39 is 23.9 Å². The molecular weight excluding hydrogens is 464 g/mol. The van der Waals surface area contributed by atoms with Gasteiger partial charge in [-0.2, -0.15) is 0 Å². The van der Waals surface area contributed by atoms with Crippen LogP contribution < -0.4 is 21.7 Å². The molecule has 34 heavy (non-hydrogen) atoms. The van der Waals surface area contributed by atoms with Gasteiger partial charge in [0.05, 0.1) is 6.04 Å². The van der Waals surface area contributed by atoms with Crippen LogP contribution in [0.5, 0.6) is 0 Å². The van der Waals surface area contributed by atoms with Gasteiger partial charge in [-0.25, -0.2) is 14.4 Å². The number of carbonyl (C=O) groups is 3. The smallest absolute Gasteiger partial charge is 0.407 e. The number of amides is 3. The lowest BCUT2D eigenvalue weighted by Gasteiger charge is -2.25. The summed E-state index contributed by atoms with van der Waals surface area (Å²) in [4.78, 5) is 34.1. The van der Waals surface area contributed by atoms with Crippen molar-refractivity contribution in [2.24, 2.45) is 17.6 Å². The second-order valence-corrected chi connectivity index (χ2v) is 10.2. The molecule has 0 aliphatic carbocycles. The standard InChI is InChI=1S/C14H28N2O4.C9H20N2O2.ClH/c1-9(2)11(8-19-12(17)15-10(3)4)16-13(18)20-14(5,6)7;1-6(2)8(10)5-13-9(12)11-7(3)4;/h9-11H,8H2,1-7H3,(H,15,17)(H,16,18);6-8H,5,10H2,1-4H3,(H,11,12);1H/t11-;8-;/m11./s1. The molecule has 5 N–H and O–H groups in total. The maximum absolute atomic E-state index is 11.7. The van der Waals surface area contributed by atoms with Gasteiger partial charge in [0, 0.05) is 18.1 Å². The van der Waals surface area contributed by atoms with E-state index in [-0.39, 0.29) is 55.7 Å². The highest BCUT2D eigenvalue weighted by Crippen LogP contribution is 2.09. The number of nitrogens with one attached hydrogen (secondary N) is 3. The van der Waals surface area contributed by atoms with E-state index in [0.29, 0.717) is 5.92 Å². The van der Waals surface area contributed by atoms with Crippen molar-refractivity contribution >= 4 is 30.7 Å². The average molecular weight is 513 g/mol. The summed E-state index contributed by atoms with van der Waals surface area (Å²) in [6.07, 6.45) is -1.40. The zero-order valence-corrected chi connectivity index (χ0v) is 23.6. The quantitative estimate of drug-likeness (QED) is 0.339. The summed E-state index contributed by atoms with van der Waals surface area (Å²) in [5.74, 6) is 0.446. The maximum Gasteiger partial charge on any atom is 0.407 e. The fraction of sp³-hybridized carbons (Fsp3) is 0.870. The van der Waals surface area contributed by atoms with E-state index in [1.165, 1.54) is 0 Å². The van der Waals surface area contributed by atoms with Crippen molar-refractivity contribution in [3.05, 3.63) is 0 Å². The number of carbonyl (C=O) groups excluding carboxylic acids is 3. The highest BCUT2D eigenvalue weighted by molar-refractivity contribution is 5.85. The largest absolute Gasteiger partial charge is 0.448 e. The Hall–Kier alpha value is -1.94. The van der Waals surface area contributed by atoms with Crippen LogP contribution in [0.3, 0.4) is 0 Å². The summed E-state index contributed by atoms with van der Waals surface area (Å²) in [6.45, 7) is 21.1. The predicted molar refractivity (Wildman–Crippen MR) is 137 cm³/mol. The Morgan fingerprint density at radius 1 is 0.706 bits per heavy atom. The molecule has 0 rings (SSSR count). The Morgan fingerprint density at radius 2 is 1.12 bits per heavy atom. The molecule has 0 saturated carbocycles. The summed E-state index contributed by atoms with van der Waals surface area (Å²) in [5, 5.41) is 7.96. The Kier molecular flexibility index (Phi) is 19.8. The first-order valence-electron chi connectivity index (χ1n) is 11.6. The molecule has 0 radical (unpaired) electrons. The Bertz CT molecular complexity index is 580. The van der Waals surface area contributed by atoms with Crippen LogP contribution in [0, 0.1) is 11.8 Å². The summed E-state index contributed by atoms with van der Waals surface area (Å²) in [5.41, 5.74) is 5.14. The van der Waals surface area contributed by atoms with Crippen molar-refractivity contribution in [3.8, 4) is 0 Å². The highest BCUT2D eigenvalue weighted by Gasteiger charge is 2.22. The number of rotatable bonds is 9. The van der Waals surface area contributed by atoms with Crippen LogP contribution in [-0.4, -0.2) is 61.3 Å². The Morgan fingerprint density at radius 3 is 1.44 bits per heavy atom. The van der Waals surface area contributed by atoms with Crippen molar-refractivity contribution in [1.29, 1.82) is 0 Å². The SMILES string of the molecule is CC(C)NC(=O)OC[C@@H](N)C(C)C.CC(C)NC(=O)OC[C@@H](NC(=O)OC(C)(C)C)C(C)C.Cl. The third-order valence-electron chi connectivity index (χ3n) is 3.98. The van der Waals surface area contributed by atoms with Gasteiger partial charge in [0.1, 0.15) is 18.8 Å². The van der Waals surface area contributed by atoms with E-state index in [0.717, 1.165) is 0 Å². The maximum atomic E-state index is 11.7. The van der Waals surface area contributed by atoms with Gasteiger partial charge < -0.3 is 35.9 Å². The number of ether oxygens (including phenoxy) is 3. The minimum atomic E-state index is -0.554. The highest BCUT2D eigenvalue weighted by atomic mass is 35.5. The van der Waals surface area contributed by atoms with E-state index in [4.69, 9.17) is 19.9 Å². The Labute approximate surface area is 212 Å². The first-order chi connectivity index (χ1) is 14.9. The summed E-state index contributed by atoms with van der Waals surface area (Å²) >= 11 is 0. The van der Waals surface area contributed by atoms with Crippen LogP contribution in [0.2, 0.25) is 0 Å². The summed E-state index contributed by atoms with van der Waals surface area (Å²) in [6, 6.07) is -0.262. The molecule has 0 aromatic heterocycles. The van der Waals surface area contributed by atoms with Crippen molar-refractivity contribution < 1.29 is 28.6 Å². The fourth-order valence-corrected chi connectivity index (χ4v) is 1.94. The molecule has 204 valence electrons. The fourth-order valence-electron chi connectivity index (χ4n) is 1.94. The molecule has 0 saturated heterocycles. The molecule has 0 aromatic rings. The van der Waals surface area contributed by atoms with Gasteiger partial charge in [-0.3, -0.25) is 0 Å². The van der Waals surface area contributed by atoms with E-state index in [9.17, 15) is 14.4 Å². The predicted octanol–water partition coefficient (Wildman–Crippen LogP) is 4.20. The first-order valence-corrected chi connectivity index (χ1v) is 11.6. The van der Waals surface area contributed by atoms with Crippen molar-refractivity contribution in [2.45, 2.75) is 106 Å². The number of hydrogen-bond donors (Lipinski definition) is 4. The molecule has 11 heteroatoms. The van der Waals surface area contributed by atoms with Crippen LogP contribution in [0.25, 0.3) is 0 Å². The van der Waals surface area contributed by atoms with Gasteiger partial charge in [0.15, 0.2) is 0 Å². The minimum absolute atomic E-state index is 0. The van der Waals surface area contributed by atoms with E-state index in [2.05, 4.69) is 16.0 Å². The van der Waals surface area contributed by atoms with E-state index in [1.54, 1.807) is 20.8 Å². The zero-order chi connectivity index (χ0) is 26.4.